The predicted molar refractivity (Wildman–Crippen MR) is 67.0 cm³/mol. The van der Waals surface area contributed by atoms with Crippen LogP contribution in [0.3, 0.4) is 0 Å². The topological polar surface area (TPSA) is 24.4 Å². The van der Waals surface area contributed by atoms with Gasteiger partial charge in [0.1, 0.15) is 0 Å². The number of hydrogen-bond acceptors (Lipinski definition) is 3. The molecule has 2 rings (SSSR count). The molecular weight excluding hydrogens is 261 g/mol. The fraction of sp³-hybridized carbons (Fsp3) is 0.0833. The molecule has 18 heavy (non-hydrogen) atoms. The molecule has 0 spiro atoms. The molecule has 1 heterocycles. The van der Waals surface area contributed by atoms with Crippen LogP contribution in [0.25, 0.3) is 0 Å². The number of rotatable bonds is 3. The lowest BCUT2D eigenvalue weighted by Gasteiger charge is -2.06. The number of hydrazone groups is 1. The molecule has 0 saturated carbocycles. The van der Waals surface area contributed by atoms with Crippen molar-refractivity contribution >= 4 is 23.2 Å². The molecule has 1 aromatic carbocycles. The summed E-state index contributed by atoms with van der Waals surface area (Å²) in [6, 6.07) is 6.61. The lowest BCUT2D eigenvalue weighted by atomic mass is 10.2. The van der Waals surface area contributed by atoms with Crippen molar-refractivity contribution in [1.82, 2.24) is 0 Å². The van der Waals surface area contributed by atoms with Crippen LogP contribution in [-0.4, -0.2) is 6.21 Å². The molecule has 1 aromatic heterocycles. The van der Waals surface area contributed by atoms with Crippen molar-refractivity contribution < 1.29 is 13.2 Å². The van der Waals surface area contributed by atoms with Gasteiger partial charge in [0.2, 0.25) is 0 Å². The van der Waals surface area contributed by atoms with Gasteiger partial charge in [0.05, 0.1) is 17.5 Å². The van der Waals surface area contributed by atoms with Crippen LogP contribution in [0.15, 0.2) is 46.2 Å². The van der Waals surface area contributed by atoms with E-state index in [9.17, 15) is 13.2 Å². The van der Waals surface area contributed by atoms with Gasteiger partial charge in [0.25, 0.3) is 0 Å². The molecule has 94 valence electrons. The zero-order chi connectivity index (χ0) is 13.0. The zero-order valence-corrected chi connectivity index (χ0v) is 9.92. The number of thiophene rings is 1. The Kier molecular flexibility index (Phi) is 3.66. The maximum atomic E-state index is 12.3. The Morgan fingerprint density at radius 2 is 1.83 bits per heavy atom. The molecule has 0 unspecified atom stereocenters. The summed E-state index contributed by atoms with van der Waals surface area (Å²) in [5.41, 5.74) is 3.45. The molecule has 0 aliphatic heterocycles. The van der Waals surface area contributed by atoms with Crippen LogP contribution in [0.2, 0.25) is 0 Å². The minimum absolute atomic E-state index is 0.509. The third kappa shape index (κ3) is 3.33. The van der Waals surface area contributed by atoms with Crippen LogP contribution < -0.4 is 5.43 Å². The molecule has 6 heteroatoms. The number of benzene rings is 1. The second kappa shape index (κ2) is 5.22. The van der Waals surface area contributed by atoms with Crippen molar-refractivity contribution in [2.75, 3.05) is 5.43 Å². The Morgan fingerprint density at radius 3 is 2.39 bits per heavy atom. The minimum atomic E-state index is -4.31. The Bertz CT molecular complexity index is 515. The first-order valence-corrected chi connectivity index (χ1v) is 5.98. The summed E-state index contributed by atoms with van der Waals surface area (Å²) in [4.78, 5) is 0. The van der Waals surface area contributed by atoms with Crippen LogP contribution in [0, 0.1) is 0 Å². The van der Waals surface area contributed by atoms with Crippen LogP contribution >= 0.6 is 11.3 Å². The van der Waals surface area contributed by atoms with E-state index in [1.54, 1.807) is 17.6 Å². The number of hydrogen-bond donors (Lipinski definition) is 1. The van der Waals surface area contributed by atoms with E-state index in [4.69, 9.17) is 0 Å². The number of nitrogens with zero attached hydrogens (tertiary/aromatic N) is 1. The number of nitrogens with one attached hydrogen (secondary N) is 1. The van der Waals surface area contributed by atoms with Crippen LogP contribution in [0.5, 0.6) is 0 Å². The Balaban J connectivity index is 1.99. The van der Waals surface area contributed by atoms with Crippen molar-refractivity contribution in [1.29, 1.82) is 0 Å². The summed E-state index contributed by atoms with van der Waals surface area (Å²) < 4.78 is 36.9. The summed E-state index contributed by atoms with van der Waals surface area (Å²) in [6.07, 6.45) is -2.70. The molecule has 0 aliphatic rings. The van der Waals surface area contributed by atoms with Gasteiger partial charge >= 0.3 is 6.18 Å². The van der Waals surface area contributed by atoms with Gasteiger partial charge in [-0.05, 0) is 41.1 Å². The first-order valence-electron chi connectivity index (χ1n) is 5.04. The van der Waals surface area contributed by atoms with Gasteiger partial charge in [-0.1, -0.05) is 0 Å². The number of halogens is 3. The van der Waals surface area contributed by atoms with E-state index in [2.05, 4.69) is 10.5 Å². The van der Waals surface area contributed by atoms with Gasteiger partial charge in [0, 0.05) is 5.56 Å². The van der Waals surface area contributed by atoms with Crippen molar-refractivity contribution in [3.8, 4) is 0 Å². The van der Waals surface area contributed by atoms with E-state index >= 15 is 0 Å². The Hall–Kier alpha value is -1.82. The van der Waals surface area contributed by atoms with Crippen molar-refractivity contribution in [2.45, 2.75) is 6.18 Å². The molecule has 0 amide bonds. The summed E-state index contributed by atoms with van der Waals surface area (Å²) in [5.74, 6) is 0. The molecule has 2 aromatic rings. The van der Waals surface area contributed by atoms with E-state index in [1.165, 1.54) is 12.1 Å². The zero-order valence-electron chi connectivity index (χ0n) is 9.11. The first kappa shape index (κ1) is 12.6. The van der Waals surface area contributed by atoms with Crippen LogP contribution in [0.1, 0.15) is 11.1 Å². The van der Waals surface area contributed by atoms with Gasteiger partial charge in [-0.3, -0.25) is 5.43 Å². The monoisotopic (exact) mass is 270 g/mol. The summed E-state index contributed by atoms with van der Waals surface area (Å²) in [5, 5.41) is 7.76. The van der Waals surface area contributed by atoms with E-state index in [0.717, 1.165) is 17.7 Å². The highest BCUT2D eigenvalue weighted by molar-refractivity contribution is 7.08. The highest BCUT2D eigenvalue weighted by atomic mass is 32.1. The predicted octanol–water partition coefficient (Wildman–Crippen LogP) is 4.21. The molecule has 0 bridgehead atoms. The molecule has 0 atom stereocenters. The molecule has 1 N–H and O–H groups in total. The van der Waals surface area contributed by atoms with Gasteiger partial charge < -0.3 is 0 Å². The molecule has 0 saturated heterocycles. The first-order chi connectivity index (χ1) is 8.55. The third-order valence-corrected chi connectivity index (χ3v) is 2.86. The average Bonchev–Trinajstić information content (AvgIpc) is 2.82. The van der Waals surface area contributed by atoms with Crippen molar-refractivity contribution in [3.05, 3.63) is 52.2 Å². The maximum absolute atomic E-state index is 12.3. The summed E-state index contributed by atoms with van der Waals surface area (Å²) in [6.45, 7) is 0. The highest BCUT2D eigenvalue weighted by Crippen LogP contribution is 2.29. The number of alkyl halides is 3. The maximum Gasteiger partial charge on any atom is 0.416 e. The van der Waals surface area contributed by atoms with Gasteiger partial charge in [-0.25, -0.2) is 0 Å². The van der Waals surface area contributed by atoms with Crippen LogP contribution in [0.4, 0.5) is 18.9 Å². The Morgan fingerprint density at radius 1 is 1.11 bits per heavy atom. The molecule has 0 fully saturated rings. The molecule has 0 radical (unpaired) electrons. The normalized spacial score (nSPS) is 11.9. The lowest BCUT2D eigenvalue weighted by molar-refractivity contribution is -0.137. The van der Waals surface area contributed by atoms with E-state index in [-0.39, 0.29) is 0 Å². The van der Waals surface area contributed by atoms with Gasteiger partial charge in [0.15, 0.2) is 0 Å². The largest absolute Gasteiger partial charge is 0.416 e. The SMILES string of the molecule is FC(F)(F)c1ccc(NN=Cc2ccsc2)cc1. The van der Waals surface area contributed by atoms with Crippen LogP contribution in [-0.2, 0) is 6.18 Å². The van der Waals surface area contributed by atoms with Gasteiger partial charge in [-0.2, -0.15) is 29.6 Å². The summed E-state index contributed by atoms with van der Waals surface area (Å²) >= 11 is 1.55. The molecular formula is C12H9F3N2S. The fourth-order valence-corrected chi connectivity index (χ4v) is 1.87. The molecule has 2 nitrogen and oxygen atoms in total. The van der Waals surface area contributed by atoms with Crippen molar-refractivity contribution in [2.24, 2.45) is 5.10 Å². The third-order valence-electron chi connectivity index (χ3n) is 2.16. The molecule has 0 aliphatic carbocycles. The van der Waals surface area contributed by atoms with Crippen molar-refractivity contribution in [3.63, 3.8) is 0 Å². The minimum Gasteiger partial charge on any atom is -0.279 e. The van der Waals surface area contributed by atoms with E-state index in [1.807, 2.05) is 16.8 Å². The van der Waals surface area contributed by atoms with Gasteiger partial charge in [-0.15, -0.1) is 0 Å². The number of anilines is 1. The smallest absolute Gasteiger partial charge is 0.279 e. The standard InChI is InChI=1S/C12H9F3N2S/c13-12(14,15)10-1-3-11(4-2-10)17-16-7-9-5-6-18-8-9/h1-8,17H. The second-order valence-electron chi connectivity index (χ2n) is 3.50. The Labute approximate surface area is 106 Å². The second-order valence-corrected chi connectivity index (χ2v) is 4.28. The van der Waals surface area contributed by atoms with E-state index in [0.29, 0.717) is 5.69 Å². The quantitative estimate of drug-likeness (QED) is 0.655. The average molecular weight is 270 g/mol. The summed E-state index contributed by atoms with van der Waals surface area (Å²) in [7, 11) is 0. The fourth-order valence-electron chi connectivity index (χ4n) is 1.26. The highest BCUT2D eigenvalue weighted by Gasteiger charge is 2.29. The van der Waals surface area contributed by atoms with E-state index < -0.39 is 11.7 Å². The lowest BCUT2D eigenvalue weighted by Crippen LogP contribution is -2.04.